The molecule has 0 spiro atoms. The smallest absolute Gasteiger partial charge is 0.271 e. The Bertz CT molecular complexity index is 1100. The second-order valence-corrected chi connectivity index (χ2v) is 9.30. The minimum atomic E-state index is -3.77. The Hall–Kier alpha value is -2.52. The molecule has 0 amide bonds. The van der Waals surface area contributed by atoms with E-state index in [2.05, 4.69) is 14.9 Å². The van der Waals surface area contributed by atoms with Gasteiger partial charge in [-0.1, -0.05) is 23.7 Å². The quantitative estimate of drug-likeness (QED) is 0.623. The van der Waals surface area contributed by atoms with Crippen LogP contribution in [0.5, 0.6) is 0 Å². The molecule has 0 bridgehead atoms. The maximum atomic E-state index is 12.6. The molecule has 1 aliphatic rings. The van der Waals surface area contributed by atoms with Crippen LogP contribution in [0.25, 0.3) is 11.4 Å². The molecule has 0 radical (unpaired) electrons. The third-order valence-corrected chi connectivity index (χ3v) is 7.34. The predicted octanol–water partition coefficient (Wildman–Crippen LogP) is 4.07. The number of thiophene rings is 1. The van der Waals surface area contributed by atoms with E-state index in [0.717, 1.165) is 24.2 Å². The monoisotopic (exact) mass is 403 g/mol. The lowest BCUT2D eigenvalue weighted by molar-refractivity contribution is 0.101. The number of hydrogen-bond acceptors (Lipinski definition) is 7. The summed E-state index contributed by atoms with van der Waals surface area (Å²) in [6, 6.07) is 7.91. The molecule has 1 N–H and O–H groups in total. The van der Waals surface area contributed by atoms with Gasteiger partial charge in [-0.2, -0.15) is 4.98 Å². The number of benzene rings is 1. The Kier molecular flexibility index (Phi) is 4.56. The Morgan fingerprint density at radius 1 is 1.30 bits per heavy atom. The van der Waals surface area contributed by atoms with Gasteiger partial charge in [0.15, 0.2) is 5.78 Å². The molecule has 9 heteroatoms. The topological polar surface area (TPSA) is 102 Å². The minimum Gasteiger partial charge on any atom is -0.339 e. The van der Waals surface area contributed by atoms with Crippen molar-refractivity contribution < 1.29 is 17.7 Å². The number of nitrogens with one attached hydrogen (secondary N) is 1. The Balaban J connectivity index is 1.55. The minimum absolute atomic E-state index is 0.131. The van der Waals surface area contributed by atoms with Crippen LogP contribution in [0.3, 0.4) is 0 Å². The predicted molar refractivity (Wildman–Crippen MR) is 101 cm³/mol. The van der Waals surface area contributed by atoms with Gasteiger partial charge in [0.2, 0.25) is 11.7 Å². The molecule has 0 aliphatic heterocycles. The van der Waals surface area contributed by atoms with E-state index in [9.17, 15) is 13.2 Å². The molecule has 3 aromatic rings. The summed E-state index contributed by atoms with van der Waals surface area (Å²) >= 11 is 1.08. The largest absolute Gasteiger partial charge is 0.339 e. The van der Waals surface area contributed by atoms with Crippen LogP contribution in [-0.2, 0) is 10.0 Å². The SMILES string of the molecule is CC(=O)c1cccc(NS(=O)(=O)c2cc(-c3noc(C4CCC4)n3)cs2)c1. The van der Waals surface area contributed by atoms with Crippen molar-refractivity contribution >= 4 is 32.8 Å². The normalized spacial score (nSPS) is 14.7. The van der Waals surface area contributed by atoms with Crippen LogP contribution >= 0.6 is 11.3 Å². The summed E-state index contributed by atoms with van der Waals surface area (Å²) in [7, 11) is -3.77. The second-order valence-electron chi connectivity index (χ2n) is 6.48. The van der Waals surface area contributed by atoms with Gasteiger partial charge < -0.3 is 4.52 Å². The first-order chi connectivity index (χ1) is 12.9. The molecule has 4 rings (SSSR count). The van der Waals surface area contributed by atoms with Crippen molar-refractivity contribution in [2.75, 3.05) is 4.72 Å². The summed E-state index contributed by atoms with van der Waals surface area (Å²) in [5, 5.41) is 5.66. The van der Waals surface area contributed by atoms with Crippen molar-refractivity contribution in [2.24, 2.45) is 0 Å². The first kappa shape index (κ1) is 17.9. The zero-order valence-electron chi connectivity index (χ0n) is 14.5. The number of Topliss-reactive ketones (excluding diaryl/α,β-unsaturated/α-hetero) is 1. The average molecular weight is 403 g/mol. The summed E-state index contributed by atoms with van der Waals surface area (Å²) in [5.74, 6) is 1.20. The van der Waals surface area contributed by atoms with E-state index in [1.54, 1.807) is 23.6 Å². The molecule has 0 unspecified atom stereocenters. The number of rotatable bonds is 6. The lowest BCUT2D eigenvalue weighted by Crippen LogP contribution is -2.11. The fraction of sp³-hybridized carbons (Fsp3) is 0.278. The number of ketones is 1. The molecule has 2 aromatic heterocycles. The van der Waals surface area contributed by atoms with E-state index in [-0.39, 0.29) is 9.99 Å². The number of carbonyl (C=O) groups excluding carboxylic acids is 1. The van der Waals surface area contributed by atoms with E-state index in [4.69, 9.17) is 4.52 Å². The van der Waals surface area contributed by atoms with Crippen molar-refractivity contribution in [1.29, 1.82) is 0 Å². The van der Waals surface area contributed by atoms with E-state index in [0.29, 0.717) is 34.4 Å². The molecule has 7 nitrogen and oxygen atoms in total. The van der Waals surface area contributed by atoms with Crippen LogP contribution in [0.1, 0.15) is 48.4 Å². The van der Waals surface area contributed by atoms with Crippen molar-refractivity contribution in [1.82, 2.24) is 10.1 Å². The van der Waals surface area contributed by atoms with Crippen LogP contribution in [0.15, 0.2) is 44.4 Å². The number of hydrogen-bond donors (Lipinski definition) is 1. The zero-order valence-corrected chi connectivity index (χ0v) is 16.1. The molecule has 0 atom stereocenters. The first-order valence-electron chi connectivity index (χ1n) is 8.49. The van der Waals surface area contributed by atoms with Crippen molar-refractivity contribution in [3.63, 3.8) is 0 Å². The van der Waals surface area contributed by atoms with Crippen molar-refractivity contribution in [3.05, 3.63) is 47.2 Å². The lowest BCUT2D eigenvalue weighted by atomic mass is 9.85. The molecule has 1 fully saturated rings. The average Bonchev–Trinajstić information content (AvgIpc) is 3.22. The summed E-state index contributed by atoms with van der Waals surface area (Å²) in [6.45, 7) is 1.43. The van der Waals surface area contributed by atoms with E-state index in [1.807, 2.05) is 0 Å². The molecule has 0 saturated heterocycles. The molecule has 27 heavy (non-hydrogen) atoms. The van der Waals surface area contributed by atoms with Gasteiger partial charge in [0.25, 0.3) is 10.0 Å². The number of nitrogens with zero attached hydrogens (tertiary/aromatic N) is 2. The highest BCUT2D eigenvalue weighted by Gasteiger charge is 2.26. The van der Waals surface area contributed by atoms with Gasteiger partial charge in [-0.15, -0.1) is 11.3 Å². The highest BCUT2D eigenvalue weighted by molar-refractivity contribution is 7.94. The first-order valence-corrected chi connectivity index (χ1v) is 10.8. The molecular formula is C18H17N3O4S2. The number of carbonyl (C=O) groups is 1. The summed E-state index contributed by atoms with van der Waals surface area (Å²) in [6.07, 6.45) is 3.27. The number of aromatic nitrogens is 2. The van der Waals surface area contributed by atoms with Crippen LogP contribution in [0, 0.1) is 0 Å². The standard InChI is InChI=1S/C18H17N3O4S2/c1-11(22)13-6-3-7-15(8-13)21-27(23,24)16-9-14(10-26-16)17-19-18(25-20-17)12-4-2-5-12/h3,6-10,12,21H,2,4-5H2,1H3. The van der Waals surface area contributed by atoms with Gasteiger partial charge in [-0.3, -0.25) is 9.52 Å². The number of anilines is 1. The van der Waals surface area contributed by atoms with Gasteiger partial charge in [0, 0.05) is 28.1 Å². The van der Waals surface area contributed by atoms with Gasteiger partial charge in [-0.05, 0) is 38.0 Å². The third kappa shape index (κ3) is 3.65. The van der Waals surface area contributed by atoms with Crippen LogP contribution in [0.4, 0.5) is 5.69 Å². The van der Waals surface area contributed by atoms with Gasteiger partial charge >= 0.3 is 0 Å². The van der Waals surface area contributed by atoms with E-state index >= 15 is 0 Å². The van der Waals surface area contributed by atoms with Crippen molar-refractivity contribution in [2.45, 2.75) is 36.3 Å². The summed E-state index contributed by atoms with van der Waals surface area (Å²) < 4.78 is 33.2. The maximum absolute atomic E-state index is 12.6. The van der Waals surface area contributed by atoms with Gasteiger partial charge in [0.1, 0.15) is 4.21 Å². The highest BCUT2D eigenvalue weighted by Crippen LogP contribution is 2.36. The Labute approximate surface area is 160 Å². The molecule has 2 heterocycles. The van der Waals surface area contributed by atoms with Crippen LogP contribution < -0.4 is 4.72 Å². The van der Waals surface area contributed by atoms with Gasteiger partial charge in [0.05, 0.1) is 0 Å². The summed E-state index contributed by atoms with van der Waals surface area (Å²) in [4.78, 5) is 15.9. The third-order valence-electron chi connectivity index (χ3n) is 4.52. The molecule has 1 saturated carbocycles. The Morgan fingerprint density at radius 2 is 2.11 bits per heavy atom. The maximum Gasteiger partial charge on any atom is 0.271 e. The zero-order chi connectivity index (χ0) is 19.0. The fourth-order valence-electron chi connectivity index (χ4n) is 2.76. The second kappa shape index (κ2) is 6.90. The fourth-order valence-corrected chi connectivity index (χ4v) is 4.96. The van der Waals surface area contributed by atoms with E-state index in [1.165, 1.54) is 25.5 Å². The van der Waals surface area contributed by atoms with Gasteiger partial charge in [-0.25, -0.2) is 8.42 Å². The number of sulfonamides is 1. The lowest BCUT2D eigenvalue weighted by Gasteiger charge is -2.20. The molecule has 1 aliphatic carbocycles. The molecule has 140 valence electrons. The Morgan fingerprint density at radius 3 is 2.81 bits per heavy atom. The summed E-state index contributed by atoms with van der Waals surface area (Å²) in [5.41, 5.74) is 1.38. The van der Waals surface area contributed by atoms with Crippen LogP contribution in [-0.4, -0.2) is 24.3 Å². The molecular weight excluding hydrogens is 386 g/mol. The van der Waals surface area contributed by atoms with Crippen LogP contribution in [0.2, 0.25) is 0 Å². The van der Waals surface area contributed by atoms with E-state index < -0.39 is 10.0 Å². The van der Waals surface area contributed by atoms with Crippen molar-refractivity contribution in [3.8, 4) is 11.4 Å². The highest BCUT2D eigenvalue weighted by atomic mass is 32.2. The molecule has 1 aromatic carbocycles.